The Morgan fingerprint density at radius 3 is 2.82 bits per heavy atom. The molecule has 1 heterocycles. The zero-order valence-corrected chi connectivity index (χ0v) is 10.6. The number of aryl methyl sites for hydroxylation is 1. The predicted molar refractivity (Wildman–Crippen MR) is 70.0 cm³/mol. The molecular weight excluding hydrogens is 232 g/mol. The number of aliphatic hydroxyl groups is 1. The SMILES string of the molecule is CCn1ccnc1C(O)CSc1ccccc1. The highest BCUT2D eigenvalue weighted by molar-refractivity contribution is 7.99. The third-order valence-corrected chi connectivity index (χ3v) is 3.63. The van der Waals surface area contributed by atoms with Crippen LogP contribution in [0.25, 0.3) is 0 Å². The van der Waals surface area contributed by atoms with Crippen LogP contribution in [0.15, 0.2) is 47.6 Å². The highest BCUT2D eigenvalue weighted by Gasteiger charge is 2.13. The van der Waals surface area contributed by atoms with Gasteiger partial charge in [0.15, 0.2) is 0 Å². The number of aliphatic hydroxyl groups excluding tert-OH is 1. The number of nitrogens with zero attached hydrogens (tertiary/aromatic N) is 2. The summed E-state index contributed by atoms with van der Waals surface area (Å²) in [6.45, 7) is 2.88. The van der Waals surface area contributed by atoms with Crippen LogP contribution >= 0.6 is 11.8 Å². The van der Waals surface area contributed by atoms with Crippen LogP contribution in [0.2, 0.25) is 0 Å². The van der Waals surface area contributed by atoms with Crippen molar-refractivity contribution in [3.05, 3.63) is 48.5 Å². The van der Waals surface area contributed by atoms with Crippen LogP contribution in [0.3, 0.4) is 0 Å². The summed E-state index contributed by atoms with van der Waals surface area (Å²) in [5.74, 6) is 1.37. The van der Waals surface area contributed by atoms with Crippen molar-refractivity contribution in [1.29, 1.82) is 0 Å². The minimum absolute atomic E-state index is 0.518. The van der Waals surface area contributed by atoms with Gasteiger partial charge in [-0.15, -0.1) is 11.8 Å². The van der Waals surface area contributed by atoms with E-state index in [1.165, 1.54) is 4.90 Å². The standard InChI is InChI=1S/C13H16N2OS/c1-2-15-9-8-14-13(15)12(16)10-17-11-6-4-3-5-7-11/h3-9,12,16H,2,10H2,1H3. The van der Waals surface area contributed by atoms with E-state index in [-0.39, 0.29) is 0 Å². The lowest BCUT2D eigenvalue weighted by atomic mass is 10.4. The molecule has 0 aliphatic rings. The largest absolute Gasteiger partial charge is 0.384 e. The summed E-state index contributed by atoms with van der Waals surface area (Å²) in [4.78, 5) is 5.37. The van der Waals surface area contributed by atoms with E-state index in [0.717, 1.165) is 12.4 Å². The molecule has 0 fully saturated rings. The van der Waals surface area contributed by atoms with Crippen molar-refractivity contribution in [3.8, 4) is 0 Å². The van der Waals surface area contributed by atoms with E-state index in [9.17, 15) is 5.11 Å². The van der Waals surface area contributed by atoms with E-state index in [2.05, 4.69) is 4.98 Å². The summed E-state index contributed by atoms with van der Waals surface area (Å²) in [7, 11) is 0. The Balaban J connectivity index is 1.96. The van der Waals surface area contributed by atoms with Crippen molar-refractivity contribution >= 4 is 11.8 Å². The van der Waals surface area contributed by atoms with Gasteiger partial charge in [-0.3, -0.25) is 0 Å². The van der Waals surface area contributed by atoms with Crippen molar-refractivity contribution in [3.63, 3.8) is 0 Å². The zero-order valence-electron chi connectivity index (χ0n) is 9.78. The molecule has 0 saturated carbocycles. The van der Waals surface area contributed by atoms with E-state index in [4.69, 9.17) is 0 Å². The molecule has 1 aromatic heterocycles. The molecule has 17 heavy (non-hydrogen) atoms. The zero-order chi connectivity index (χ0) is 12.1. The maximum Gasteiger partial charge on any atom is 0.138 e. The molecule has 1 atom stereocenters. The Labute approximate surface area is 106 Å². The fourth-order valence-corrected chi connectivity index (χ4v) is 2.50. The van der Waals surface area contributed by atoms with Gasteiger partial charge in [-0.1, -0.05) is 18.2 Å². The maximum absolute atomic E-state index is 10.1. The van der Waals surface area contributed by atoms with Crippen LogP contribution in [0.4, 0.5) is 0 Å². The molecule has 0 radical (unpaired) electrons. The third-order valence-electron chi connectivity index (χ3n) is 2.54. The predicted octanol–water partition coefficient (Wildman–Crippen LogP) is 2.73. The lowest BCUT2D eigenvalue weighted by Crippen LogP contribution is -2.09. The molecule has 1 N–H and O–H groups in total. The van der Waals surface area contributed by atoms with Crippen LogP contribution < -0.4 is 0 Å². The van der Waals surface area contributed by atoms with Crippen molar-refractivity contribution in [1.82, 2.24) is 9.55 Å². The lowest BCUT2D eigenvalue weighted by molar-refractivity contribution is 0.189. The van der Waals surface area contributed by atoms with Gasteiger partial charge in [0.05, 0.1) is 0 Å². The average molecular weight is 248 g/mol. The number of benzene rings is 1. The van der Waals surface area contributed by atoms with Gasteiger partial charge < -0.3 is 9.67 Å². The molecule has 4 heteroatoms. The van der Waals surface area contributed by atoms with Crippen molar-refractivity contribution in [2.45, 2.75) is 24.5 Å². The van der Waals surface area contributed by atoms with Gasteiger partial charge in [-0.05, 0) is 19.1 Å². The topological polar surface area (TPSA) is 38.0 Å². The molecule has 0 saturated heterocycles. The van der Waals surface area contributed by atoms with E-state index >= 15 is 0 Å². The highest BCUT2D eigenvalue weighted by atomic mass is 32.2. The van der Waals surface area contributed by atoms with Gasteiger partial charge in [0.2, 0.25) is 0 Å². The first-order chi connectivity index (χ1) is 8.31. The molecular formula is C13H16N2OS. The summed E-state index contributed by atoms with van der Waals surface area (Å²) in [6.07, 6.45) is 3.11. The molecule has 2 rings (SSSR count). The minimum Gasteiger partial charge on any atom is -0.384 e. The normalized spacial score (nSPS) is 12.6. The van der Waals surface area contributed by atoms with Crippen LogP contribution in [0.1, 0.15) is 18.9 Å². The summed E-state index contributed by atoms with van der Waals surface area (Å²) in [5.41, 5.74) is 0. The summed E-state index contributed by atoms with van der Waals surface area (Å²) in [5, 5.41) is 10.1. The first-order valence-electron chi connectivity index (χ1n) is 5.68. The summed E-state index contributed by atoms with van der Waals surface area (Å²) >= 11 is 1.64. The Bertz CT molecular complexity index is 455. The lowest BCUT2D eigenvalue weighted by Gasteiger charge is -2.11. The summed E-state index contributed by atoms with van der Waals surface area (Å²) in [6, 6.07) is 10.1. The van der Waals surface area contributed by atoms with Crippen LogP contribution in [0, 0.1) is 0 Å². The number of hydrogen-bond acceptors (Lipinski definition) is 3. The molecule has 1 unspecified atom stereocenters. The highest BCUT2D eigenvalue weighted by Crippen LogP contribution is 2.23. The molecule has 2 aromatic rings. The molecule has 1 aromatic carbocycles. The van der Waals surface area contributed by atoms with Gasteiger partial charge in [0.25, 0.3) is 0 Å². The maximum atomic E-state index is 10.1. The second kappa shape index (κ2) is 5.89. The molecule has 3 nitrogen and oxygen atoms in total. The van der Waals surface area contributed by atoms with Crippen LogP contribution in [-0.2, 0) is 6.54 Å². The number of hydrogen-bond donors (Lipinski definition) is 1. The van der Waals surface area contributed by atoms with E-state index in [0.29, 0.717) is 5.75 Å². The number of imidazole rings is 1. The Kier molecular flexibility index (Phi) is 4.23. The third kappa shape index (κ3) is 3.11. The van der Waals surface area contributed by atoms with Gasteiger partial charge >= 0.3 is 0 Å². The molecule has 90 valence electrons. The van der Waals surface area contributed by atoms with Gasteiger partial charge in [0.1, 0.15) is 11.9 Å². The Morgan fingerprint density at radius 1 is 1.35 bits per heavy atom. The Morgan fingerprint density at radius 2 is 2.12 bits per heavy atom. The van der Waals surface area contributed by atoms with Crippen molar-refractivity contribution in [2.75, 3.05) is 5.75 Å². The molecule has 0 bridgehead atoms. The van der Waals surface area contributed by atoms with Gasteiger partial charge in [-0.2, -0.15) is 0 Å². The van der Waals surface area contributed by atoms with Gasteiger partial charge in [-0.25, -0.2) is 4.98 Å². The minimum atomic E-state index is -0.518. The molecule has 0 amide bonds. The van der Waals surface area contributed by atoms with Crippen molar-refractivity contribution in [2.24, 2.45) is 0 Å². The fourth-order valence-electron chi connectivity index (χ4n) is 1.65. The first kappa shape index (κ1) is 12.2. The summed E-state index contributed by atoms with van der Waals surface area (Å²) < 4.78 is 1.97. The van der Waals surface area contributed by atoms with E-state index in [1.54, 1.807) is 18.0 Å². The Hall–Kier alpha value is -1.26. The second-order valence-electron chi connectivity index (χ2n) is 3.71. The molecule has 0 spiro atoms. The molecule has 0 aliphatic carbocycles. The van der Waals surface area contributed by atoms with Crippen molar-refractivity contribution < 1.29 is 5.11 Å². The smallest absolute Gasteiger partial charge is 0.138 e. The first-order valence-corrected chi connectivity index (χ1v) is 6.66. The van der Waals surface area contributed by atoms with E-state index < -0.39 is 6.10 Å². The number of aromatic nitrogens is 2. The van der Waals surface area contributed by atoms with Crippen LogP contribution in [-0.4, -0.2) is 20.4 Å². The number of rotatable bonds is 5. The monoisotopic (exact) mass is 248 g/mol. The van der Waals surface area contributed by atoms with Gasteiger partial charge in [0, 0.05) is 29.6 Å². The second-order valence-corrected chi connectivity index (χ2v) is 4.80. The number of thioether (sulfide) groups is 1. The fraction of sp³-hybridized carbons (Fsp3) is 0.308. The van der Waals surface area contributed by atoms with Crippen LogP contribution in [0.5, 0.6) is 0 Å². The quantitative estimate of drug-likeness (QED) is 0.827. The average Bonchev–Trinajstić information content (AvgIpc) is 2.85. The molecule has 0 aliphatic heterocycles. The van der Waals surface area contributed by atoms with E-state index in [1.807, 2.05) is 48.0 Å².